The van der Waals surface area contributed by atoms with Crippen LogP contribution in [-0.4, -0.2) is 24.7 Å². The standard InChI is InChI=1S/C17H10O7/c18-15-12-3-1-10(5-9(12)7-21-8-22-15)23-11-2-4-13-14(6-11)17(20)24-16(13)19/h1-6H,7-8H2. The minimum Gasteiger partial charge on any atom is -0.457 e. The van der Waals surface area contributed by atoms with E-state index in [1.807, 2.05) is 0 Å². The SMILES string of the molecule is O=C1OCOCc2cc(Oc3ccc4c(c3)C(=O)OC4=O)ccc21. The second kappa shape index (κ2) is 5.47. The molecule has 4 rings (SSSR count). The monoisotopic (exact) mass is 326 g/mol. The molecule has 0 spiro atoms. The molecule has 24 heavy (non-hydrogen) atoms. The summed E-state index contributed by atoms with van der Waals surface area (Å²) in [5, 5.41) is 0. The van der Waals surface area contributed by atoms with E-state index >= 15 is 0 Å². The van der Waals surface area contributed by atoms with Gasteiger partial charge in [0.2, 0.25) is 0 Å². The van der Waals surface area contributed by atoms with E-state index in [9.17, 15) is 14.4 Å². The Morgan fingerprint density at radius 1 is 0.792 bits per heavy atom. The first kappa shape index (κ1) is 14.4. The van der Waals surface area contributed by atoms with E-state index in [0.717, 1.165) is 0 Å². The first-order valence-corrected chi connectivity index (χ1v) is 7.08. The summed E-state index contributed by atoms with van der Waals surface area (Å²) in [6, 6.07) is 9.35. The molecule has 0 aliphatic carbocycles. The van der Waals surface area contributed by atoms with Crippen LogP contribution in [-0.2, 0) is 20.8 Å². The van der Waals surface area contributed by atoms with Gasteiger partial charge in [0.15, 0.2) is 6.79 Å². The summed E-state index contributed by atoms with van der Waals surface area (Å²) in [4.78, 5) is 34.8. The number of hydrogen-bond donors (Lipinski definition) is 0. The summed E-state index contributed by atoms with van der Waals surface area (Å²) in [5.41, 5.74) is 1.44. The minimum absolute atomic E-state index is 0.0926. The van der Waals surface area contributed by atoms with Gasteiger partial charge in [0.05, 0.1) is 23.3 Å². The topological polar surface area (TPSA) is 88.1 Å². The Kier molecular flexibility index (Phi) is 3.28. The van der Waals surface area contributed by atoms with Crippen LogP contribution in [0.15, 0.2) is 36.4 Å². The summed E-state index contributed by atoms with van der Waals surface area (Å²) in [5.74, 6) is -0.976. The average molecular weight is 326 g/mol. The molecule has 0 radical (unpaired) electrons. The fourth-order valence-electron chi connectivity index (χ4n) is 2.54. The van der Waals surface area contributed by atoms with Crippen LogP contribution in [0.2, 0.25) is 0 Å². The molecule has 2 aliphatic rings. The minimum atomic E-state index is -0.696. The largest absolute Gasteiger partial charge is 0.457 e. The lowest BCUT2D eigenvalue weighted by molar-refractivity contribution is -0.0314. The summed E-state index contributed by atoms with van der Waals surface area (Å²) in [6.45, 7) is 0.133. The van der Waals surface area contributed by atoms with Crippen molar-refractivity contribution in [1.29, 1.82) is 0 Å². The molecule has 7 heteroatoms. The van der Waals surface area contributed by atoms with E-state index in [1.54, 1.807) is 24.3 Å². The highest BCUT2D eigenvalue weighted by Crippen LogP contribution is 2.29. The molecular formula is C17H10O7. The molecule has 0 saturated heterocycles. The van der Waals surface area contributed by atoms with Crippen molar-refractivity contribution in [2.75, 3.05) is 6.79 Å². The Balaban J connectivity index is 1.64. The summed E-state index contributed by atoms with van der Waals surface area (Å²) in [7, 11) is 0. The number of carbonyl (C=O) groups excluding carboxylic acids is 3. The van der Waals surface area contributed by atoms with E-state index in [0.29, 0.717) is 22.6 Å². The smallest absolute Gasteiger partial charge is 0.347 e. The number of carbonyl (C=O) groups is 3. The number of cyclic esters (lactones) is 3. The van der Waals surface area contributed by atoms with E-state index in [2.05, 4.69) is 4.74 Å². The van der Waals surface area contributed by atoms with Gasteiger partial charge in [-0.3, -0.25) is 0 Å². The van der Waals surface area contributed by atoms with Gasteiger partial charge < -0.3 is 18.9 Å². The van der Waals surface area contributed by atoms with Crippen molar-refractivity contribution < 1.29 is 33.3 Å². The maximum Gasteiger partial charge on any atom is 0.347 e. The third-order valence-electron chi connectivity index (χ3n) is 3.68. The lowest BCUT2D eigenvalue weighted by Gasteiger charge is -2.09. The van der Waals surface area contributed by atoms with Gasteiger partial charge in [0.1, 0.15) is 11.5 Å². The molecule has 2 aromatic carbocycles. The van der Waals surface area contributed by atoms with Gasteiger partial charge in [-0.25, -0.2) is 14.4 Å². The van der Waals surface area contributed by atoms with Gasteiger partial charge in [0.25, 0.3) is 0 Å². The summed E-state index contributed by atoms with van der Waals surface area (Å²) in [6.07, 6.45) is 0. The fraction of sp³-hybridized carbons (Fsp3) is 0.118. The van der Waals surface area contributed by atoms with Crippen LogP contribution >= 0.6 is 0 Å². The van der Waals surface area contributed by atoms with E-state index in [1.165, 1.54) is 12.1 Å². The quantitative estimate of drug-likeness (QED) is 0.618. The highest BCUT2D eigenvalue weighted by molar-refractivity contribution is 6.14. The van der Waals surface area contributed by atoms with Crippen LogP contribution < -0.4 is 4.74 Å². The van der Waals surface area contributed by atoms with E-state index in [-0.39, 0.29) is 24.5 Å². The number of rotatable bonds is 2. The Morgan fingerprint density at radius 2 is 1.50 bits per heavy atom. The van der Waals surface area contributed by atoms with Crippen LogP contribution in [0.5, 0.6) is 11.5 Å². The summed E-state index contributed by atoms with van der Waals surface area (Å²) < 4.78 is 20.3. The predicted molar refractivity (Wildman–Crippen MR) is 77.8 cm³/mol. The molecule has 2 heterocycles. The zero-order valence-corrected chi connectivity index (χ0v) is 12.2. The maximum atomic E-state index is 11.7. The molecule has 120 valence electrons. The zero-order chi connectivity index (χ0) is 16.7. The molecule has 0 fully saturated rings. The van der Waals surface area contributed by atoms with Crippen molar-refractivity contribution >= 4 is 17.9 Å². The van der Waals surface area contributed by atoms with Crippen LogP contribution in [0.25, 0.3) is 0 Å². The molecule has 0 bridgehead atoms. The normalized spacial score (nSPS) is 15.9. The van der Waals surface area contributed by atoms with Crippen LogP contribution in [0, 0.1) is 0 Å². The molecule has 0 atom stereocenters. The van der Waals surface area contributed by atoms with Crippen LogP contribution in [0.3, 0.4) is 0 Å². The van der Waals surface area contributed by atoms with Gasteiger partial charge in [0, 0.05) is 0 Å². The predicted octanol–water partition coefficient (Wildman–Crippen LogP) is 2.43. The molecule has 0 N–H and O–H groups in total. The van der Waals surface area contributed by atoms with Gasteiger partial charge in [-0.05, 0) is 42.0 Å². The summed E-state index contributed by atoms with van der Waals surface area (Å²) >= 11 is 0. The molecule has 0 amide bonds. The molecule has 0 aromatic heterocycles. The second-order valence-corrected chi connectivity index (χ2v) is 5.20. The molecule has 2 aromatic rings. The average Bonchev–Trinajstić information content (AvgIpc) is 2.74. The second-order valence-electron chi connectivity index (χ2n) is 5.20. The van der Waals surface area contributed by atoms with Crippen molar-refractivity contribution in [1.82, 2.24) is 0 Å². The van der Waals surface area contributed by atoms with E-state index < -0.39 is 17.9 Å². The van der Waals surface area contributed by atoms with Crippen LogP contribution in [0.4, 0.5) is 0 Å². The van der Waals surface area contributed by atoms with Crippen LogP contribution in [0.1, 0.15) is 36.6 Å². The number of fused-ring (bicyclic) bond motifs is 2. The molecule has 0 unspecified atom stereocenters. The molecule has 7 nitrogen and oxygen atoms in total. The van der Waals surface area contributed by atoms with Crippen molar-refractivity contribution in [3.8, 4) is 11.5 Å². The van der Waals surface area contributed by atoms with E-state index in [4.69, 9.17) is 14.2 Å². The lowest BCUT2D eigenvalue weighted by Crippen LogP contribution is -2.04. The highest BCUT2D eigenvalue weighted by atomic mass is 16.7. The molecule has 2 aliphatic heterocycles. The lowest BCUT2D eigenvalue weighted by atomic mass is 10.1. The first-order valence-electron chi connectivity index (χ1n) is 7.08. The van der Waals surface area contributed by atoms with Crippen molar-refractivity contribution in [3.05, 3.63) is 58.7 Å². The van der Waals surface area contributed by atoms with Gasteiger partial charge in [-0.1, -0.05) is 0 Å². The van der Waals surface area contributed by atoms with Crippen molar-refractivity contribution in [2.45, 2.75) is 6.61 Å². The fourth-order valence-corrected chi connectivity index (χ4v) is 2.54. The third-order valence-corrected chi connectivity index (χ3v) is 3.68. The van der Waals surface area contributed by atoms with Gasteiger partial charge in [-0.2, -0.15) is 0 Å². The van der Waals surface area contributed by atoms with Crippen molar-refractivity contribution in [3.63, 3.8) is 0 Å². The Labute approximate surface area is 135 Å². The van der Waals surface area contributed by atoms with Gasteiger partial charge in [-0.15, -0.1) is 0 Å². The highest BCUT2D eigenvalue weighted by Gasteiger charge is 2.30. The maximum absolute atomic E-state index is 11.7. The van der Waals surface area contributed by atoms with Gasteiger partial charge >= 0.3 is 17.9 Å². The van der Waals surface area contributed by atoms with Crippen molar-refractivity contribution in [2.24, 2.45) is 0 Å². The number of benzene rings is 2. The zero-order valence-electron chi connectivity index (χ0n) is 12.2. The number of hydrogen-bond acceptors (Lipinski definition) is 7. The molecular weight excluding hydrogens is 316 g/mol. The molecule has 0 saturated carbocycles. The Hall–Kier alpha value is -3.19. The first-order chi connectivity index (χ1) is 11.6. The number of esters is 3. The number of ether oxygens (including phenoxy) is 4. The Bertz CT molecular complexity index is 885. The Morgan fingerprint density at radius 3 is 2.33 bits per heavy atom. The third kappa shape index (κ3) is 2.40.